The summed E-state index contributed by atoms with van der Waals surface area (Å²) in [5.41, 5.74) is 0.681. The Morgan fingerprint density at radius 3 is 2.04 bits per heavy atom. The molecular weight excluding hydrogens is 592 g/mol. The van der Waals surface area contributed by atoms with Crippen LogP contribution < -0.4 is 14.2 Å². The van der Waals surface area contributed by atoms with Crippen molar-refractivity contribution in [3.8, 4) is 28.4 Å². The van der Waals surface area contributed by atoms with Crippen molar-refractivity contribution < 1.29 is 33.7 Å². The summed E-state index contributed by atoms with van der Waals surface area (Å²) in [7, 11) is 0. The van der Waals surface area contributed by atoms with Crippen LogP contribution in [0.4, 0.5) is 0 Å². The molecule has 4 rings (SSSR count). The van der Waals surface area contributed by atoms with Crippen LogP contribution in [0.25, 0.3) is 11.1 Å². The van der Waals surface area contributed by atoms with Crippen molar-refractivity contribution in [1.82, 2.24) is 0 Å². The summed E-state index contributed by atoms with van der Waals surface area (Å²) in [5.74, 6) is 1.89. The quantitative estimate of drug-likeness (QED) is 0.140. The Morgan fingerprint density at radius 1 is 0.830 bits per heavy atom. The molecule has 0 unspecified atom stereocenters. The van der Waals surface area contributed by atoms with Crippen molar-refractivity contribution in [2.24, 2.45) is 29.1 Å². The van der Waals surface area contributed by atoms with Gasteiger partial charge in [0.25, 0.3) is 0 Å². The number of ether oxygens (including phenoxy) is 3. The number of hydrogen-bond acceptors (Lipinski definition) is 7. The Morgan fingerprint density at radius 2 is 1.45 bits per heavy atom. The Hall–Kier alpha value is -3.71. The highest BCUT2D eigenvalue weighted by Crippen LogP contribution is 2.42. The summed E-state index contributed by atoms with van der Waals surface area (Å²) in [6, 6.07) is 11.8. The van der Waals surface area contributed by atoms with Crippen LogP contribution in [0.15, 0.2) is 66.8 Å². The normalized spacial score (nSPS) is 21.6. The molecule has 254 valence electrons. The van der Waals surface area contributed by atoms with Gasteiger partial charge in [0.2, 0.25) is 0 Å². The second-order valence-corrected chi connectivity index (χ2v) is 14.4. The van der Waals surface area contributed by atoms with Gasteiger partial charge >= 0.3 is 17.9 Å². The third-order valence-electron chi connectivity index (χ3n) is 9.69. The maximum absolute atomic E-state index is 13.1. The zero-order valence-electron chi connectivity index (χ0n) is 28.6. The summed E-state index contributed by atoms with van der Waals surface area (Å²) < 4.78 is 16.7. The Bertz CT molecular complexity index is 1400. The average Bonchev–Trinajstić information content (AvgIpc) is 3.07. The second-order valence-electron chi connectivity index (χ2n) is 14.4. The van der Waals surface area contributed by atoms with Crippen LogP contribution in [0.2, 0.25) is 0 Å². The predicted octanol–water partition coefficient (Wildman–Crippen LogP) is 9.02. The first-order valence-corrected chi connectivity index (χ1v) is 17.3. The van der Waals surface area contributed by atoms with Gasteiger partial charge < -0.3 is 19.3 Å². The molecule has 7 nitrogen and oxygen atoms in total. The minimum atomic E-state index is -0.748. The van der Waals surface area contributed by atoms with Crippen LogP contribution in [-0.2, 0) is 14.4 Å². The number of aliphatic hydroxyl groups is 1. The molecule has 0 saturated heterocycles. The molecule has 2 fully saturated rings. The molecule has 0 heterocycles. The lowest BCUT2D eigenvalue weighted by molar-refractivity contribution is -0.143. The molecule has 0 amide bonds. The maximum atomic E-state index is 13.1. The van der Waals surface area contributed by atoms with E-state index in [-0.39, 0.29) is 17.1 Å². The predicted molar refractivity (Wildman–Crippen MR) is 184 cm³/mol. The highest BCUT2D eigenvalue weighted by Gasteiger charge is 2.30. The van der Waals surface area contributed by atoms with Crippen LogP contribution in [0.5, 0.6) is 17.2 Å². The van der Waals surface area contributed by atoms with Crippen molar-refractivity contribution in [2.45, 2.75) is 98.3 Å². The number of allylic oxidation sites excluding steroid dienone is 1. The fourth-order valence-electron chi connectivity index (χ4n) is 6.67. The van der Waals surface area contributed by atoms with Crippen molar-refractivity contribution in [2.75, 3.05) is 6.61 Å². The molecule has 2 saturated carbocycles. The van der Waals surface area contributed by atoms with Crippen LogP contribution in [0.1, 0.15) is 98.3 Å². The SMILES string of the molecule is C=C(CO)C(=O)Oc1ccc(-c2ccc(OC(=O)C(C)(C)C)c(OC(=O)/C=C/C3CCC(C4CCC(CCCC)CC4)CC3)c2)cc1. The number of hydrogen-bond donors (Lipinski definition) is 1. The number of benzene rings is 2. The van der Waals surface area contributed by atoms with E-state index < -0.39 is 29.9 Å². The van der Waals surface area contributed by atoms with Crippen LogP contribution in [0.3, 0.4) is 0 Å². The lowest BCUT2D eigenvalue weighted by Gasteiger charge is -2.37. The van der Waals surface area contributed by atoms with Crippen LogP contribution in [-0.4, -0.2) is 29.6 Å². The molecule has 0 aliphatic heterocycles. The van der Waals surface area contributed by atoms with Gasteiger partial charge in [-0.15, -0.1) is 0 Å². The minimum absolute atomic E-state index is 0.0436. The van der Waals surface area contributed by atoms with Gasteiger partial charge in [0.15, 0.2) is 11.5 Å². The molecule has 2 aliphatic carbocycles. The molecule has 2 aliphatic rings. The smallest absolute Gasteiger partial charge is 0.341 e. The molecule has 0 spiro atoms. The first kappa shape index (κ1) is 36.1. The highest BCUT2D eigenvalue weighted by atomic mass is 16.6. The number of unbranched alkanes of at least 4 members (excludes halogenated alkanes) is 1. The number of carbonyl (C=O) groups is 3. The van der Waals surface area contributed by atoms with E-state index in [1.807, 2.05) is 6.08 Å². The fraction of sp³-hybridized carbons (Fsp3) is 0.525. The van der Waals surface area contributed by atoms with E-state index in [1.165, 1.54) is 63.9 Å². The van der Waals surface area contributed by atoms with E-state index in [0.717, 1.165) is 36.2 Å². The van der Waals surface area contributed by atoms with Gasteiger partial charge in [-0.1, -0.05) is 69.9 Å². The lowest BCUT2D eigenvalue weighted by atomic mass is 9.68. The molecular formula is C40H52O7. The second kappa shape index (κ2) is 16.9. The molecule has 47 heavy (non-hydrogen) atoms. The molecule has 2 aromatic rings. The number of rotatable bonds is 12. The van der Waals surface area contributed by atoms with Gasteiger partial charge in [0, 0.05) is 6.08 Å². The van der Waals surface area contributed by atoms with E-state index in [2.05, 4.69) is 13.5 Å². The highest BCUT2D eigenvalue weighted by molar-refractivity contribution is 5.90. The molecule has 0 radical (unpaired) electrons. The van der Waals surface area contributed by atoms with Crippen molar-refractivity contribution in [3.05, 3.63) is 66.8 Å². The first-order valence-electron chi connectivity index (χ1n) is 17.3. The van der Waals surface area contributed by atoms with Crippen molar-refractivity contribution in [1.29, 1.82) is 0 Å². The summed E-state index contributed by atoms with van der Waals surface area (Å²) in [6.07, 6.45) is 17.7. The molecule has 0 bridgehead atoms. The number of esters is 3. The van der Waals surface area contributed by atoms with Gasteiger partial charge in [-0.2, -0.15) is 0 Å². The summed E-state index contributed by atoms with van der Waals surface area (Å²) in [4.78, 5) is 37.7. The number of carbonyl (C=O) groups excluding carboxylic acids is 3. The monoisotopic (exact) mass is 644 g/mol. The molecule has 1 N–H and O–H groups in total. The van der Waals surface area contributed by atoms with Crippen molar-refractivity contribution >= 4 is 17.9 Å². The Kier molecular flexibility index (Phi) is 13.0. The topological polar surface area (TPSA) is 99.1 Å². The van der Waals surface area contributed by atoms with Gasteiger partial charge in [-0.05, 0) is 118 Å². The standard InChI is InChI=1S/C40H52O7/c1-6-7-8-28-9-14-30(15-10-28)31-16-11-29(12-17-31)13-24-37(42)46-36-25-33(20-23-35(36)47-39(44)40(3,4)5)32-18-21-34(22-19-32)45-38(43)27(2)26-41/h13,18-25,28-31,41H,2,6-12,14-17,26H2,1,3-5H3/b24-13+. The zero-order valence-corrected chi connectivity index (χ0v) is 28.6. The third kappa shape index (κ3) is 10.6. The molecule has 0 atom stereocenters. The largest absolute Gasteiger partial charge is 0.423 e. The average molecular weight is 645 g/mol. The van der Waals surface area contributed by atoms with E-state index in [1.54, 1.807) is 63.2 Å². The van der Waals surface area contributed by atoms with E-state index in [9.17, 15) is 14.4 Å². The summed E-state index contributed by atoms with van der Waals surface area (Å²) >= 11 is 0. The van der Waals surface area contributed by atoms with Gasteiger partial charge in [-0.25, -0.2) is 9.59 Å². The number of aliphatic hydroxyl groups excluding tert-OH is 1. The molecule has 2 aromatic carbocycles. The van der Waals surface area contributed by atoms with Gasteiger partial charge in [0.05, 0.1) is 17.6 Å². The molecule has 7 heteroatoms. The maximum Gasteiger partial charge on any atom is 0.341 e. The summed E-state index contributed by atoms with van der Waals surface area (Å²) in [6.45, 7) is 10.5. The van der Waals surface area contributed by atoms with E-state index in [4.69, 9.17) is 19.3 Å². The lowest BCUT2D eigenvalue weighted by Crippen LogP contribution is -2.26. The summed E-state index contributed by atoms with van der Waals surface area (Å²) in [5, 5.41) is 9.09. The van der Waals surface area contributed by atoms with Crippen LogP contribution >= 0.6 is 0 Å². The molecule has 0 aromatic heterocycles. The van der Waals surface area contributed by atoms with Crippen LogP contribution in [0, 0.1) is 29.1 Å². The zero-order chi connectivity index (χ0) is 34.0. The van der Waals surface area contributed by atoms with E-state index >= 15 is 0 Å². The van der Waals surface area contributed by atoms with Gasteiger partial charge in [-0.3, -0.25) is 4.79 Å². The Labute approximate surface area is 280 Å². The Balaban J connectivity index is 1.38. The van der Waals surface area contributed by atoms with E-state index in [0.29, 0.717) is 17.2 Å². The third-order valence-corrected chi connectivity index (χ3v) is 9.69. The van der Waals surface area contributed by atoms with Gasteiger partial charge in [0.1, 0.15) is 5.75 Å². The fourth-order valence-corrected chi connectivity index (χ4v) is 6.67. The first-order chi connectivity index (χ1) is 22.5. The van der Waals surface area contributed by atoms with Crippen molar-refractivity contribution in [3.63, 3.8) is 0 Å². The minimum Gasteiger partial charge on any atom is -0.423 e.